The van der Waals surface area contributed by atoms with E-state index in [0.717, 1.165) is 73.7 Å². The Bertz CT molecular complexity index is 1240. The van der Waals surface area contributed by atoms with Crippen LogP contribution in [0, 0.1) is 11.8 Å². The van der Waals surface area contributed by atoms with Crippen molar-refractivity contribution in [3.05, 3.63) is 30.2 Å². The van der Waals surface area contributed by atoms with Crippen LogP contribution in [0.1, 0.15) is 62.8 Å². The molecule has 35 heavy (non-hydrogen) atoms. The van der Waals surface area contributed by atoms with E-state index >= 15 is 0 Å². The topological polar surface area (TPSA) is 95.1 Å². The van der Waals surface area contributed by atoms with Crippen LogP contribution in [0.25, 0.3) is 21.9 Å². The molecule has 3 aromatic heterocycles. The molecule has 8 nitrogen and oxygen atoms in total. The Kier molecular flexibility index (Phi) is 6.73. The monoisotopic (exact) mass is 496 g/mol. The molecule has 2 saturated heterocycles. The summed E-state index contributed by atoms with van der Waals surface area (Å²) < 4.78 is 25.1. The number of piperidine rings is 1. The minimum Gasteiger partial charge on any atom is -0.346 e. The summed E-state index contributed by atoms with van der Waals surface area (Å²) in [6, 6.07) is 2.06. The largest absolute Gasteiger partial charge is 0.346 e. The summed E-state index contributed by atoms with van der Waals surface area (Å²) in [4.78, 5) is 12.6. The number of likely N-dealkylation sites (tertiary alicyclic amines) is 2. The molecular formula is C26H36N6O2S. The number of H-pyrrole nitrogens is 1. The number of rotatable bonds is 6. The first kappa shape index (κ1) is 23.3. The first-order valence-corrected chi connectivity index (χ1v) is 14.6. The Morgan fingerprint density at radius 3 is 2.66 bits per heavy atom. The maximum atomic E-state index is 12.5. The van der Waals surface area contributed by atoms with Crippen molar-refractivity contribution in [2.24, 2.45) is 11.8 Å². The molecule has 0 bridgehead atoms. The van der Waals surface area contributed by atoms with Gasteiger partial charge in [0.1, 0.15) is 16.5 Å². The van der Waals surface area contributed by atoms with Crippen molar-refractivity contribution in [3.63, 3.8) is 0 Å². The van der Waals surface area contributed by atoms with Crippen LogP contribution in [-0.2, 0) is 10.7 Å². The molecule has 3 aromatic rings. The number of hydrogen-bond acceptors (Lipinski definition) is 7. The lowest BCUT2D eigenvalue weighted by Crippen LogP contribution is -2.49. The summed E-state index contributed by atoms with van der Waals surface area (Å²) in [6.07, 6.45) is 14.5. The summed E-state index contributed by atoms with van der Waals surface area (Å²) in [5.41, 5.74) is 2.93. The molecule has 188 valence electrons. The Morgan fingerprint density at radius 1 is 1.03 bits per heavy atom. The lowest BCUT2D eigenvalue weighted by Gasteiger charge is -2.42. The third-order valence-electron chi connectivity index (χ3n) is 8.71. The van der Waals surface area contributed by atoms with Gasteiger partial charge in [-0.2, -0.15) is 5.10 Å². The highest BCUT2D eigenvalue weighted by Crippen LogP contribution is 2.41. The maximum absolute atomic E-state index is 12.5. The number of pyridine rings is 1. The van der Waals surface area contributed by atoms with Crippen molar-refractivity contribution in [1.82, 2.24) is 30.0 Å². The highest BCUT2D eigenvalue weighted by atomic mass is 32.2. The van der Waals surface area contributed by atoms with Crippen LogP contribution in [0.2, 0.25) is 0 Å². The summed E-state index contributed by atoms with van der Waals surface area (Å²) in [6.45, 7) is 5.41. The second-order valence-corrected chi connectivity index (χ2v) is 12.0. The van der Waals surface area contributed by atoms with Gasteiger partial charge in [-0.3, -0.25) is 4.90 Å². The van der Waals surface area contributed by atoms with Crippen LogP contribution in [0.4, 0.5) is 0 Å². The van der Waals surface area contributed by atoms with Crippen molar-refractivity contribution in [1.29, 1.82) is 0 Å². The van der Waals surface area contributed by atoms with Crippen molar-refractivity contribution < 1.29 is 8.42 Å². The van der Waals surface area contributed by atoms with E-state index in [9.17, 15) is 8.42 Å². The zero-order chi connectivity index (χ0) is 23.8. The summed E-state index contributed by atoms with van der Waals surface area (Å²) >= 11 is 0. The van der Waals surface area contributed by atoms with Gasteiger partial charge in [0.15, 0.2) is 10.7 Å². The number of hydrogen-bond donors (Lipinski definition) is 2. The molecule has 1 N–H and O–H groups in total. The van der Waals surface area contributed by atoms with Crippen molar-refractivity contribution in [2.45, 2.75) is 62.7 Å². The molecule has 2 unspecified atom stereocenters. The zero-order valence-corrected chi connectivity index (χ0v) is 21.2. The van der Waals surface area contributed by atoms with Gasteiger partial charge in [0, 0.05) is 30.1 Å². The fourth-order valence-corrected chi connectivity index (χ4v) is 8.17. The van der Waals surface area contributed by atoms with Crippen LogP contribution < -0.4 is 0 Å². The summed E-state index contributed by atoms with van der Waals surface area (Å²) in [5, 5.41) is 10.5. The molecule has 1 saturated carbocycles. The fraction of sp³-hybridized carbons (Fsp3) is 0.654. The van der Waals surface area contributed by atoms with E-state index in [4.69, 9.17) is 0 Å². The Balaban J connectivity index is 1.17. The molecule has 0 spiro atoms. The molecule has 2 aliphatic heterocycles. The molecule has 2 atom stereocenters. The van der Waals surface area contributed by atoms with Crippen LogP contribution in [-0.4, -0.2) is 76.5 Å². The van der Waals surface area contributed by atoms with E-state index in [-0.39, 0.29) is 11.3 Å². The Hall–Kier alpha value is -2.10. The van der Waals surface area contributed by atoms with Crippen LogP contribution in [0.15, 0.2) is 24.7 Å². The van der Waals surface area contributed by atoms with E-state index in [2.05, 4.69) is 36.0 Å². The van der Waals surface area contributed by atoms with Gasteiger partial charge in [-0.25, -0.2) is 13.4 Å². The van der Waals surface area contributed by atoms with Crippen LogP contribution in [0.5, 0.6) is 0 Å². The number of aromatic nitrogens is 4. The van der Waals surface area contributed by atoms with Gasteiger partial charge < -0.3 is 9.88 Å². The Labute approximate surface area is 208 Å². The Morgan fingerprint density at radius 2 is 1.86 bits per heavy atom. The third-order valence-corrected chi connectivity index (χ3v) is 9.89. The molecule has 5 heterocycles. The predicted octanol–water partition coefficient (Wildman–Crippen LogP) is 3.53. The zero-order valence-electron chi connectivity index (χ0n) is 20.3. The number of aromatic amines is 1. The highest BCUT2D eigenvalue weighted by Gasteiger charge is 2.37. The molecule has 1 aliphatic carbocycles. The van der Waals surface area contributed by atoms with Crippen LogP contribution in [0.3, 0.4) is 0 Å². The molecule has 0 radical (unpaired) electrons. The molecule has 0 amide bonds. The first-order chi connectivity index (χ1) is 17.2. The SMILES string of the molecule is O=[SH](=O)C(C1CCC(c2cnnc3cnc4[nH]ccc4c23)CC1)N1CCCC(CN2CCCC2)C1. The molecule has 9 heteroatoms. The standard InChI is InChI=1S/C26H36N6O2S/c33-35(34)26(32-13-3-4-18(17-32)16-31-11-1-2-12-31)20-7-5-19(6-8-20)22-14-29-30-23-15-28-25-21(24(22)23)9-10-27-25/h9-10,14-15,18-20,26,35H,1-8,11-13,16-17H2,(H,27,28). The van der Waals surface area contributed by atoms with E-state index in [1.807, 2.05) is 12.4 Å². The maximum Gasteiger partial charge on any atom is 0.156 e. The quantitative estimate of drug-likeness (QED) is 0.504. The van der Waals surface area contributed by atoms with Gasteiger partial charge in [0.2, 0.25) is 0 Å². The number of thiol groups is 1. The van der Waals surface area contributed by atoms with Gasteiger partial charge in [-0.1, -0.05) is 0 Å². The second-order valence-electron chi connectivity index (χ2n) is 10.9. The molecule has 0 aromatic carbocycles. The van der Waals surface area contributed by atoms with Gasteiger partial charge >= 0.3 is 0 Å². The predicted molar refractivity (Wildman–Crippen MR) is 138 cm³/mol. The smallest absolute Gasteiger partial charge is 0.156 e. The summed E-state index contributed by atoms with van der Waals surface area (Å²) in [5.74, 6) is 1.19. The minimum atomic E-state index is -2.48. The third kappa shape index (κ3) is 4.70. The first-order valence-electron chi connectivity index (χ1n) is 13.3. The number of nitrogens with zero attached hydrogens (tertiary/aromatic N) is 5. The molecule has 6 rings (SSSR count). The summed E-state index contributed by atoms with van der Waals surface area (Å²) in [7, 11) is -2.48. The van der Waals surface area contributed by atoms with Gasteiger partial charge in [0.25, 0.3) is 0 Å². The van der Waals surface area contributed by atoms with Crippen LogP contribution >= 0.6 is 0 Å². The normalized spacial score (nSPS) is 27.7. The minimum absolute atomic E-state index is 0.216. The van der Waals surface area contributed by atoms with E-state index in [1.165, 1.54) is 37.9 Å². The number of nitrogens with one attached hydrogen (secondary N) is 1. The van der Waals surface area contributed by atoms with Gasteiger partial charge in [-0.15, -0.1) is 5.10 Å². The highest BCUT2D eigenvalue weighted by molar-refractivity contribution is 7.73. The van der Waals surface area contributed by atoms with Gasteiger partial charge in [0.05, 0.1) is 12.4 Å². The second kappa shape index (κ2) is 10.1. The lowest BCUT2D eigenvalue weighted by atomic mass is 9.77. The van der Waals surface area contributed by atoms with Crippen molar-refractivity contribution in [3.8, 4) is 0 Å². The van der Waals surface area contributed by atoms with Crippen molar-refractivity contribution in [2.75, 3.05) is 32.7 Å². The van der Waals surface area contributed by atoms with Crippen molar-refractivity contribution >= 4 is 32.6 Å². The molecule has 3 fully saturated rings. The van der Waals surface area contributed by atoms with Gasteiger partial charge in [-0.05, 0) is 100 Å². The molecule has 3 aliphatic rings. The lowest BCUT2D eigenvalue weighted by molar-refractivity contribution is 0.0974. The average molecular weight is 497 g/mol. The van der Waals surface area contributed by atoms with E-state index in [1.54, 1.807) is 6.20 Å². The van der Waals surface area contributed by atoms with E-state index in [0.29, 0.717) is 11.8 Å². The fourth-order valence-electron chi connectivity index (χ4n) is 7.05. The molecular weight excluding hydrogens is 460 g/mol. The average Bonchev–Trinajstić information content (AvgIpc) is 3.56. The van der Waals surface area contributed by atoms with E-state index < -0.39 is 10.7 Å². The number of fused-ring (bicyclic) bond motifs is 3.